The number of carbonyl (C=O) groups is 2. The number of nitrogens with zero attached hydrogens (tertiary/aromatic N) is 2. The molecule has 1 aromatic rings. The minimum absolute atomic E-state index is 0.00781. The van der Waals surface area contributed by atoms with Crippen LogP contribution in [0.2, 0.25) is 0 Å². The zero-order valence-corrected chi connectivity index (χ0v) is 14.6. The maximum atomic E-state index is 12.5. The maximum Gasteiger partial charge on any atom is 0.253 e. The van der Waals surface area contributed by atoms with E-state index in [2.05, 4.69) is 17.1 Å². The van der Waals surface area contributed by atoms with Crippen LogP contribution in [-0.2, 0) is 4.79 Å². The van der Waals surface area contributed by atoms with E-state index >= 15 is 0 Å². The Balaban J connectivity index is 1.83. The van der Waals surface area contributed by atoms with Crippen LogP contribution in [0.1, 0.15) is 30.1 Å². The van der Waals surface area contributed by atoms with E-state index in [1.807, 2.05) is 29.2 Å². The molecule has 2 amide bonds. The van der Waals surface area contributed by atoms with Crippen molar-refractivity contribution in [2.75, 3.05) is 46.4 Å². The minimum atomic E-state index is 0.00781. The van der Waals surface area contributed by atoms with E-state index in [1.54, 1.807) is 7.05 Å². The van der Waals surface area contributed by atoms with Crippen molar-refractivity contribution in [2.45, 2.75) is 19.8 Å². The van der Waals surface area contributed by atoms with Crippen LogP contribution in [0.15, 0.2) is 24.3 Å². The third kappa shape index (κ3) is 5.23. The van der Waals surface area contributed by atoms with Gasteiger partial charge in [-0.3, -0.25) is 14.5 Å². The first-order chi connectivity index (χ1) is 11.6. The SMILES string of the molecule is CCCCOc1ccc(C(=O)N2CCN(CC(=O)NC)CC2)cc1. The molecular formula is C18H27N3O3. The molecule has 1 aliphatic heterocycles. The van der Waals surface area contributed by atoms with Crippen molar-refractivity contribution in [1.29, 1.82) is 0 Å². The summed E-state index contributed by atoms with van der Waals surface area (Å²) in [6.07, 6.45) is 2.13. The fraction of sp³-hybridized carbons (Fsp3) is 0.556. The zero-order valence-electron chi connectivity index (χ0n) is 14.6. The van der Waals surface area contributed by atoms with Gasteiger partial charge in [-0.15, -0.1) is 0 Å². The van der Waals surface area contributed by atoms with Crippen molar-refractivity contribution in [3.8, 4) is 5.75 Å². The van der Waals surface area contributed by atoms with E-state index < -0.39 is 0 Å². The fourth-order valence-electron chi connectivity index (χ4n) is 2.60. The van der Waals surface area contributed by atoms with Gasteiger partial charge in [-0.1, -0.05) is 13.3 Å². The van der Waals surface area contributed by atoms with Crippen LogP contribution in [0.4, 0.5) is 0 Å². The molecule has 1 aliphatic rings. The highest BCUT2D eigenvalue weighted by Gasteiger charge is 2.23. The highest BCUT2D eigenvalue weighted by Crippen LogP contribution is 2.15. The summed E-state index contributed by atoms with van der Waals surface area (Å²) < 4.78 is 5.62. The van der Waals surface area contributed by atoms with Gasteiger partial charge in [-0.25, -0.2) is 0 Å². The first kappa shape index (κ1) is 18.3. The molecule has 0 unspecified atom stereocenters. The Morgan fingerprint density at radius 1 is 1.12 bits per heavy atom. The number of unbranched alkanes of at least 4 members (excludes halogenated alkanes) is 1. The molecule has 132 valence electrons. The number of likely N-dealkylation sites (N-methyl/N-ethyl adjacent to an activating group) is 1. The van der Waals surface area contributed by atoms with Crippen molar-refractivity contribution in [3.05, 3.63) is 29.8 Å². The summed E-state index contributed by atoms with van der Waals surface area (Å²) >= 11 is 0. The van der Waals surface area contributed by atoms with Gasteiger partial charge in [-0.2, -0.15) is 0 Å². The van der Waals surface area contributed by atoms with Gasteiger partial charge in [0.1, 0.15) is 5.75 Å². The third-order valence-electron chi connectivity index (χ3n) is 4.17. The number of rotatable bonds is 7. The highest BCUT2D eigenvalue weighted by molar-refractivity contribution is 5.94. The number of amides is 2. The van der Waals surface area contributed by atoms with Gasteiger partial charge >= 0.3 is 0 Å². The molecule has 6 heteroatoms. The predicted octanol–water partition coefficient (Wildman–Crippen LogP) is 1.37. The van der Waals surface area contributed by atoms with Gasteiger partial charge in [0.2, 0.25) is 5.91 Å². The third-order valence-corrected chi connectivity index (χ3v) is 4.17. The molecule has 2 rings (SSSR count). The molecule has 1 saturated heterocycles. The smallest absolute Gasteiger partial charge is 0.253 e. The molecule has 24 heavy (non-hydrogen) atoms. The Kier molecular flexibility index (Phi) is 7.06. The van der Waals surface area contributed by atoms with Crippen molar-refractivity contribution >= 4 is 11.8 Å². The van der Waals surface area contributed by atoms with Crippen molar-refractivity contribution in [3.63, 3.8) is 0 Å². The number of benzene rings is 1. The van der Waals surface area contributed by atoms with Gasteiger partial charge in [0, 0.05) is 38.8 Å². The first-order valence-corrected chi connectivity index (χ1v) is 8.59. The fourth-order valence-corrected chi connectivity index (χ4v) is 2.60. The lowest BCUT2D eigenvalue weighted by Gasteiger charge is -2.34. The molecule has 0 aromatic heterocycles. The molecule has 0 saturated carbocycles. The Morgan fingerprint density at radius 3 is 2.38 bits per heavy atom. The van der Waals surface area contributed by atoms with Crippen LogP contribution in [0.25, 0.3) is 0 Å². The van der Waals surface area contributed by atoms with Gasteiger partial charge in [0.05, 0.1) is 13.2 Å². The van der Waals surface area contributed by atoms with Gasteiger partial charge in [0.15, 0.2) is 0 Å². The monoisotopic (exact) mass is 333 g/mol. The lowest BCUT2D eigenvalue weighted by atomic mass is 10.1. The summed E-state index contributed by atoms with van der Waals surface area (Å²) in [5.41, 5.74) is 0.678. The number of nitrogens with one attached hydrogen (secondary N) is 1. The predicted molar refractivity (Wildman–Crippen MR) is 93.3 cm³/mol. The summed E-state index contributed by atoms with van der Waals surface area (Å²) in [7, 11) is 1.64. The molecule has 6 nitrogen and oxygen atoms in total. The number of hydrogen-bond acceptors (Lipinski definition) is 4. The molecule has 0 radical (unpaired) electrons. The van der Waals surface area contributed by atoms with Gasteiger partial charge < -0.3 is 15.0 Å². The Morgan fingerprint density at radius 2 is 1.79 bits per heavy atom. The average molecular weight is 333 g/mol. The second-order valence-corrected chi connectivity index (χ2v) is 5.97. The molecule has 0 aliphatic carbocycles. The van der Waals surface area contributed by atoms with Crippen molar-refractivity contribution < 1.29 is 14.3 Å². The molecular weight excluding hydrogens is 306 g/mol. The Labute approximate surface area is 143 Å². The van der Waals surface area contributed by atoms with E-state index in [1.165, 1.54) is 0 Å². The molecule has 0 spiro atoms. The van der Waals surface area contributed by atoms with E-state index in [9.17, 15) is 9.59 Å². The number of ether oxygens (including phenoxy) is 1. The van der Waals surface area contributed by atoms with Crippen molar-refractivity contribution in [1.82, 2.24) is 15.1 Å². The number of hydrogen-bond donors (Lipinski definition) is 1. The van der Waals surface area contributed by atoms with Crippen LogP contribution < -0.4 is 10.1 Å². The molecule has 1 fully saturated rings. The van der Waals surface area contributed by atoms with E-state index in [-0.39, 0.29) is 11.8 Å². The quantitative estimate of drug-likeness (QED) is 0.766. The topological polar surface area (TPSA) is 61.9 Å². The second kappa shape index (κ2) is 9.27. The van der Waals surface area contributed by atoms with Gasteiger partial charge in [0.25, 0.3) is 5.91 Å². The Bertz CT molecular complexity index is 537. The van der Waals surface area contributed by atoms with Crippen LogP contribution in [0, 0.1) is 0 Å². The Hall–Kier alpha value is -2.08. The molecule has 1 aromatic carbocycles. The summed E-state index contributed by atoms with van der Waals surface area (Å²) in [6, 6.07) is 7.34. The molecule has 0 bridgehead atoms. The van der Waals surface area contributed by atoms with Crippen LogP contribution in [0.3, 0.4) is 0 Å². The standard InChI is InChI=1S/C18H27N3O3/c1-3-4-13-24-16-7-5-15(6-8-16)18(23)21-11-9-20(10-12-21)14-17(22)19-2/h5-8H,3-4,9-14H2,1-2H3,(H,19,22). The van der Waals surface area contributed by atoms with Crippen molar-refractivity contribution in [2.24, 2.45) is 0 Å². The lowest BCUT2D eigenvalue weighted by molar-refractivity contribution is -0.122. The largest absolute Gasteiger partial charge is 0.494 e. The van der Waals surface area contributed by atoms with E-state index in [4.69, 9.17) is 4.74 Å². The van der Waals surface area contributed by atoms with E-state index in [0.717, 1.165) is 31.7 Å². The number of carbonyl (C=O) groups excluding carboxylic acids is 2. The average Bonchev–Trinajstić information content (AvgIpc) is 2.62. The lowest BCUT2D eigenvalue weighted by Crippen LogP contribution is -2.50. The van der Waals surface area contributed by atoms with Gasteiger partial charge in [-0.05, 0) is 30.7 Å². The number of piperazine rings is 1. The molecule has 1 N–H and O–H groups in total. The summed E-state index contributed by atoms with van der Waals surface area (Å²) in [4.78, 5) is 27.8. The summed E-state index contributed by atoms with van der Waals surface area (Å²) in [5.74, 6) is 0.846. The molecule has 1 heterocycles. The van der Waals surface area contributed by atoms with E-state index in [0.29, 0.717) is 31.8 Å². The first-order valence-electron chi connectivity index (χ1n) is 8.59. The van der Waals surface area contributed by atoms with Crippen LogP contribution in [-0.4, -0.2) is 68.0 Å². The van der Waals surface area contributed by atoms with Crippen LogP contribution in [0.5, 0.6) is 5.75 Å². The van der Waals surface area contributed by atoms with Crippen LogP contribution >= 0.6 is 0 Å². The normalized spacial score (nSPS) is 15.2. The molecule has 0 atom stereocenters. The summed E-state index contributed by atoms with van der Waals surface area (Å²) in [6.45, 7) is 5.95. The maximum absolute atomic E-state index is 12.5. The minimum Gasteiger partial charge on any atom is -0.494 e. The second-order valence-electron chi connectivity index (χ2n) is 5.97. The summed E-state index contributed by atoms with van der Waals surface area (Å²) in [5, 5.41) is 2.62. The zero-order chi connectivity index (χ0) is 17.4. The highest BCUT2D eigenvalue weighted by atomic mass is 16.5.